The summed E-state index contributed by atoms with van der Waals surface area (Å²) in [6, 6.07) is 9.95. The molecular formula is C23H29N3O3. The number of anilines is 2. The Kier molecular flexibility index (Phi) is 5.37. The van der Waals surface area contributed by atoms with E-state index >= 15 is 0 Å². The zero-order valence-electron chi connectivity index (χ0n) is 17.8. The maximum Gasteiger partial charge on any atom is 0.162 e. The maximum atomic E-state index is 6.09. The number of aryl methyl sites for hydroxylation is 1. The second-order valence-corrected chi connectivity index (χ2v) is 7.80. The van der Waals surface area contributed by atoms with Gasteiger partial charge in [-0.25, -0.2) is 4.98 Å². The molecule has 6 nitrogen and oxygen atoms in total. The van der Waals surface area contributed by atoms with Gasteiger partial charge in [0.05, 0.1) is 26.4 Å². The molecule has 4 rings (SSSR count). The molecule has 0 saturated heterocycles. The van der Waals surface area contributed by atoms with E-state index in [1.165, 1.54) is 16.6 Å². The van der Waals surface area contributed by atoms with Gasteiger partial charge in [-0.05, 0) is 56.5 Å². The van der Waals surface area contributed by atoms with E-state index in [1.807, 2.05) is 24.3 Å². The lowest BCUT2D eigenvalue weighted by Crippen LogP contribution is -2.25. The van der Waals surface area contributed by atoms with Crippen LogP contribution in [0.5, 0.6) is 11.5 Å². The van der Waals surface area contributed by atoms with Crippen molar-refractivity contribution >= 4 is 22.5 Å². The van der Waals surface area contributed by atoms with E-state index in [1.54, 1.807) is 14.2 Å². The van der Waals surface area contributed by atoms with Crippen molar-refractivity contribution < 1.29 is 14.2 Å². The summed E-state index contributed by atoms with van der Waals surface area (Å²) in [5.74, 6) is 2.19. The number of rotatable bonds is 6. The van der Waals surface area contributed by atoms with E-state index in [2.05, 4.69) is 36.8 Å². The highest BCUT2D eigenvalue weighted by molar-refractivity contribution is 5.84. The quantitative estimate of drug-likeness (QED) is 0.660. The summed E-state index contributed by atoms with van der Waals surface area (Å²) in [7, 11) is 5.38. The van der Waals surface area contributed by atoms with Gasteiger partial charge in [-0.2, -0.15) is 0 Å². The van der Waals surface area contributed by atoms with Gasteiger partial charge in [0.15, 0.2) is 11.5 Å². The van der Waals surface area contributed by atoms with Crippen LogP contribution in [-0.4, -0.2) is 36.0 Å². The largest absolute Gasteiger partial charge is 0.493 e. The third-order valence-electron chi connectivity index (χ3n) is 5.53. The highest BCUT2D eigenvalue weighted by atomic mass is 16.5. The molecule has 1 unspecified atom stereocenters. The highest BCUT2D eigenvalue weighted by Crippen LogP contribution is 2.34. The van der Waals surface area contributed by atoms with Crippen molar-refractivity contribution in [3.8, 4) is 11.5 Å². The number of hydrogen-bond acceptors (Lipinski definition) is 5. The van der Waals surface area contributed by atoms with Gasteiger partial charge < -0.3 is 24.1 Å². The van der Waals surface area contributed by atoms with Gasteiger partial charge in [0.1, 0.15) is 11.5 Å². The molecule has 1 aromatic carbocycles. The zero-order chi connectivity index (χ0) is 20.5. The molecule has 0 aliphatic heterocycles. The molecule has 1 aliphatic rings. The molecule has 29 heavy (non-hydrogen) atoms. The summed E-state index contributed by atoms with van der Waals surface area (Å²) in [5.41, 5.74) is 4.66. The van der Waals surface area contributed by atoms with Crippen LogP contribution in [0.25, 0.3) is 11.0 Å². The Balaban J connectivity index is 1.63. The van der Waals surface area contributed by atoms with E-state index < -0.39 is 0 Å². The number of pyridine rings is 1. The van der Waals surface area contributed by atoms with Gasteiger partial charge in [-0.3, -0.25) is 0 Å². The molecule has 0 radical (unpaired) electrons. The van der Waals surface area contributed by atoms with Crippen molar-refractivity contribution in [1.82, 2.24) is 9.55 Å². The molecule has 3 aromatic rings. The molecule has 0 saturated carbocycles. The lowest BCUT2D eigenvalue weighted by molar-refractivity contribution is 0.000751. The number of aromatic nitrogens is 2. The molecule has 154 valence electrons. The average molecular weight is 396 g/mol. The summed E-state index contributed by atoms with van der Waals surface area (Å²) in [6.07, 6.45) is 3.59. The summed E-state index contributed by atoms with van der Waals surface area (Å²) in [5, 5.41) is 4.60. The molecule has 1 atom stereocenters. The van der Waals surface area contributed by atoms with Crippen molar-refractivity contribution in [3.05, 3.63) is 41.6 Å². The highest BCUT2D eigenvalue weighted by Gasteiger charge is 2.26. The number of ether oxygens (including phenoxy) is 3. The third-order valence-corrected chi connectivity index (χ3v) is 5.53. The molecule has 1 aliphatic carbocycles. The molecule has 1 N–H and O–H groups in total. The molecule has 2 aromatic heterocycles. The second kappa shape index (κ2) is 7.95. The predicted molar refractivity (Wildman–Crippen MR) is 116 cm³/mol. The monoisotopic (exact) mass is 395 g/mol. The molecule has 0 bridgehead atoms. The van der Waals surface area contributed by atoms with Crippen LogP contribution in [0.4, 0.5) is 11.5 Å². The van der Waals surface area contributed by atoms with Crippen LogP contribution in [0.2, 0.25) is 0 Å². The minimum atomic E-state index is 0.256. The Morgan fingerprint density at radius 1 is 1.10 bits per heavy atom. The van der Waals surface area contributed by atoms with E-state index in [-0.39, 0.29) is 12.2 Å². The Hall–Kier alpha value is -2.73. The fourth-order valence-electron chi connectivity index (χ4n) is 4.23. The number of hydrogen-bond donors (Lipinski definition) is 1. The van der Waals surface area contributed by atoms with Crippen molar-refractivity contribution in [3.63, 3.8) is 0 Å². The van der Waals surface area contributed by atoms with Crippen LogP contribution in [0, 0.1) is 0 Å². The van der Waals surface area contributed by atoms with E-state index in [4.69, 9.17) is 19.2 Å². The van der Waals surface area contributed by atoms with Crippen LogP contribution in [0.1, 0.15) is 31.5 Å². The van der Waals surface area contributed by atoms with Crippen LogP contribution in [0.15, 0.2) is 30.3 Å². The fourth-order valence-corrected chi connectivity index (χ4v) is 4.23. The number of nitrogens with zero attached hydrogens (tertiary/aromatic N) is 2. The Morgan fingerprint density at radius 3 is 2.62 bits per heavy atom. The van der Waals surface area contributed by atoms with Crippen LogP contribution in [-0.2, 0) is 24.6 Å². The minimum Gasteiger partial charge on any atom is -0.493 e. The zero-order valence-corrected chi connectivity index (χ0v) is 17.8. The summed E-state index contributed by atoms with van der Waals surface area (Å²) in [4.78, 5) is 4.90. The first-order valence-corrected chi connectivity index (χ1v) is 10.1. The molecule has 6 heteroatoms. The van der Waals surface area contributed by atoms with Gasteiger partial charge in [-0.1, -0.05) is 0 Å². The first-order chi connectivity index (χ1) is 14.0. The Morgan fingerprint density at radius 2 is 1.90 bits per heavy atom. The van der Waals surface area contributed by atoms with Gasteiger partial charge in [0, 0.05) is 36.3 Å². The summed E-state index contributed by atoms with van der Waals surface area (Å²) in [6.45, 7) is 4.21. The van der Waals surface area contributed by atoms with Crippen molar-refractivity contribution in [1.29, 1.82) is 0 Å². The van der Waals surface area contributed by atoms with E-state index in [0.717, 1.165) is 36.4 Å². The van der Waals surface area contributed by atoms with E-state index in [9.17, 15) is 0 Å². The number of methoxy groups -OCH3 is 2. The van der Waals surface area contributed by atoms with E-state index in [0.29, 0.717) is 11.5 Å². The molecular weight excluding hydrogens is 366 g/mol. The lowest BCUT2D eigenvalue weighted by atomic mass is 9.93. The minimum absolute atomic E-state index is 0.256. The molecule has 0 fully saturated rings. The molecule has 0 spiro atoms. The lowest BCUT2D eigenvalue weighted by Gasteiger charge is -2.25. The first-order valence-electron chi connectivity index (χ1n) is 10.1. The van der Waals surface area contributed by atoms with Crippen LogP contribution < -0.4 is 14.8 Å². The van der Waals surface area contributed by atoms with Crippen molar-refractivity contribution in [2.45, 2.75) is 45.3 Å². The maximum absolute atomic E-state index is 6.09. The number of nitrogens with one attached hydrogen (secondary N) is 1. The molecule has 0 amide bonds. The van der Waals surface area contributed by atoms with Crippen LogP contribution in [0.3, 0.4) is 0 Å². The third kappa shape index (κ3) is 3.77. The second-order valence-electron chi connectivity index (χ2n) is 7.80. The van der Waals surface area contributed by atoms with Crippen LogP contribution >= 0.6 is 0 Å². The predicted octanol–water partition coefficient (Wildman–Crippen LogP) is 4.62. The fraction of sp³-hybridized carbons (Fsp3) is 0.435. The Bertz CT molecular complexity index is 1030. The average Bonchev–Trinajstić information content (AvgIpc) is 2.99. The summed E-state index contributed by atoms with van der Waals surface area (Å²) < 4.78 is 19.0. The van der Waals surface area contributed by atoms with Crippen molar-refractivity contribution in [2.24, 2.45) is 7.05 Å². The number of fused-ring (bicyclic) bond motifs is 3. The first kappa shape index (κ1) is 19.6. The smallest absolute Gasteiger partial charge is 0.162 e. The van der Waals surface area contributed by atoms with Gasteiger partial charge in [0.2, 0.25) is 0 Å². The van der Waals surface area contributed by atoms with Gasteiger partial charge in [-0.15, -0.1) is 0 Å². The topological polar surface area (TPSA) is 57.5 Å². The standard InChI is InChI=1S/C23H29N3O3/c1-14(2)29-16-7-9-19-18(13-16)17-8-11-22(25-23(17)26(19)3)24-15-6-10-20(27-4)21(12-15)28-5/h6,8,10-12,14,16H,7,9,13H2,1-5H3,(H,24,25). The number of benzene rings is 1. The van der Waals surface area contributed by atoms with Gasteiger partial charge >= 0.3 is 0 Å². The van der Waals surface area contributed by atoms with Crippen molar-refractivity contribution in [2.75, 3.05) is 19.5 Å². The van der Waals surface area contributed by atoms with Gasteiger partial charge in [0.25, 0.3) is 0 Å². The summed E-state index contributed by atoms with van der Waals surface area (Å²) >= 11 is 0. The SMILES string of the molecule is COc1ccc(Nc2ccc3c4c(n(C)c3n2)CCC(OC(C)C)C4)cc1OC. The molecule has 2 heterocycles. The Labute approximate surface area is 171 Å². The normalized spacial score (nSPS) is 16.1.